The predicted molar refractivity (Wildman–Crippen MR) is 55.6 cm³/mol. The molecule has 1 aliphatic carbocycles. The van der Waals surface area contributed by atoms with Crippen LogP contribution in [0.15, 0.2) is 17.0 Å². The van der Waals surface area contributed by atoms with Crippen LogP contribution in [0.3, 0.4) is 0 Å². The third-order valence-corrected chi connectivity index (χ3v) is 2.86. The molecule has 70 valence electrons. The van der Waals surface area contributed by atoms with Crippen LogP contribution in [0.1, 0.15) is 19.3 Å². The van der Waals surface area contributed by atoms with Crippen molar-refractivity contribution in [2.24, 2.45) is 5.92 Å². The number of anilines is 1. The number of rotatable bonds is 3. The average molecular weight is 242 g/mol. The zero-order valence-electron chi connectivity index (χ0n) is 7.33. The molecule has 0 saturated heterocycles. The molecule has 0 unspecified atom stereocenters. The first-order chi connectivity index (χ1) is 6.34. The summed E-state index contributed by atoms with van der Waals surface area (Å²) in [5, 5.41) is 3.31. The number of aromatic nitrogens is 2. The molecule has 0 bridgehead atoms. The molecular weight excluding hydrogens is 230 g/mol. The van der Waals surface area contributed by atoms with Crippen molar-refractivity contribution in [3.8, 4) is 0 Å². The Balaban J connectivity index is 1.86. The maximum atomic E-state index is 4.12. The van der Waals surface area contributed by atoms with Gasteiger partial charge in [0, 0.05) is 12.6 Å². The van der Waals surface area contributed by atoms with Crippen molar-refractivity contribution in [3.63, 3.8) is 0 Å². The van der Waals surface area contributed by atoms with Crippen LogP contribution in [-0.2, 0) is 0 Å². The lowest BCUT2D eigenvalue weighted by Crippen LogP contribution is -2.21. The van der Waals surface area contributed by atoms with Gasteiger partial charge in [-0.05, 0) is 34.7 Å². The lowest BCUT2D eigenvalue weighted by Gasteiger charge is -2.25. The molecule has 0 spiro atoms. The van der Waals surface area contributed by atoms with Crippen LogP contribution in [0, 0.1) is 5.92 Å². The summed E-state index contributed by atoms with van der Waals surface area (Å²) >= 11 is 3.31. The van der Waals surface area contributed by atoms with Gasteiger partial charge in [0.15, 0.2) is 0 Å². The number of halogens is 1. The van der Waals surface area contributed by atoms with Crippen LogP contribution in [0.4, 0.5) is 5.82 Å². The molecule has 1 N–H and O–H groups in total. The summed E-state index contributed by atoms with van der Waals surface area (Å²) in [7, 11) is 0. The normalized spacial score (nSPS) is 16.7. The number of nitrogens with zero attached hydrogens (tertiary/aromatic N) is 2. The van der Waals surface area contributed by atoms with Gasteiger partial charge in [0.05, 0.1) is 0 Å². The molecule has 0 atom stereocenters. The molecule has 0 aliphatic heterocycles. The predicted octanol–water partition coefficient (Wildman–Crippen LogP) is 2.45. The van der Waals surface area contributed by atoms with E-state index in [1.807, 2.05) is 6.07 Å². The Morgan fingerprint density at radius 1 is 1.46 bits per heavy atom. The van der Waals surface area contributed by atoms with Crippen LogP contribution < -0.4 is 5.32 Å². The minimum atomic E-state index is 0.832. The largest absolute Gasteiger partial charge is 0.370 e. The van der Waals surface area contributed by atoms with Crippen molar-refractivity contribution in [3.05, 3.63) is 17.0 Å². The summed E-state index contributed by atoms with van der Waals surface area (Å²) in [5.41, 5.74) is 0. The van der Waals surface area contributed by atoms with E-state index in [1.165, 1.54) is 19.3 Å². The average Bonchev–Trinajstić information content (AvgIpc) is 2.01. The Labute approximate surface area is 86.1 Å². The summed E-state index contributed by atoms with van der Waals surface area (Å²) < 4.78 is 0.832. The van der Waals surface area contributed by atoms with Gasteiger partial charge in [-0.2, -0.15) is 0 Å². The van der Waals surface area contributed by atoms with Crippen molar-refractivity contribution in [2.75, 3.05) is 11.9 Å². The van der Waals surface area contributed by atoms with E-state index in [4.69, 9.17) is 0 Å². The zero-order chi connectivity index (χ0) is 9.10. The Kier molecular flexibility index (Phi) is 2.78. The Morgan fingerprint density at radius 2 is 2.31 bits per heavy atom. The maximum absolute atomic E-state index is 4.12. The highest BCUT2D eigenvalue weighted by Gasteiger charge is 2.16. The molecule has 1 aliphatic rings. The van der Waals surface area contributed by atoms with Crippen molar-refractivity contribution < 1.29 is 0 Å². The second kappa shape index (κ2) is 4.05. The maximum Gasteiger partial charge on any atom is 0.130 e. The van der Waals surface area contributed by atoms with Gasteiger partial charge in [-0.25, -0.2) is 9.97 Å². The zero-order valence-corrected chi connectivity index (χ0v) is 8.92. The highest BCUT2D eigenvalue weighted by atomic mass is 79.9. The van der Waals surface area contributed by atoms with E-state index in [0.717, 1.165) is 22.9 Å². The SMILES string of the molecule is Brc1cc(NCC2CCC2)ncn1. The summed E-state index contributed by atoms with van der Waals surface area (Å²) in [5.74, 6) is 1.77. The smallest absolute Gasteiger partial charge is 0.130 e. The van der Waals surface area contributed by atoms with E-state index >= 15 is 0 Å². The minimum Gasteiger partial charge on any atom is -0.370 e. The first-order valence-corrected chi connectivity index (χ1v) is 5.35. The Hall–Kier alpha value is -0.640. The van der Waals surface area contributed by atoms with Crippen LogP contribution in [0.2, 0.25) is 0 Å². The molecule has 1 fully saturated rings. The van der Waals surface area contributed by atoms with Crippen LogP contribution in [-0.4, -0.2) is 16.5 Å². The van der Waals surface area contributed by atoms with Crippen molar-refractivity contribution >= 4 is 21.7 Å². The van der Waals surface area contributed by atoms with Crippen LogP contribution in [0.25, 0.3) is 0 Å². The van der Waals surface area contributed by atoms with Gasteiger partial charge in [0.2, 0.25) is 0 Å². The van der Waals surface area contributed by atoms with E-state index in [9.17, 15) is 0 Å². The number of hydrogen-bond donors (Lipinski definition) is 1. The quantitative estimate of drug-likeness (QED) is 0.827. The highest BCUT2D eigenvalue weighted by Crippen LogP contribution is 2.26. The van der Waals surface area contributed by atoms with E-state index < -0.39 is 0 Å². The second-order valence-electron chi connectivity index (χ2n) is 3.40. The van der Waals surface area contributed by atoms with Gasteiger partial charge in [0.1, 0.15) is 16.7 Å². The monoisotopic (exact) mass is 241 g/mol. The van der Waals surface area contributed by atoms with Crippen molar-refractivity contribution in [1.82, 2.24) is 9.97 Å². The van der Waals surface area contributed by atoms with Crippen molar-refractivity contribution in [1.29, 1.82) is 0 Å². The standard InChI is InChI=1S/C9H12BrN3/c10-8-4-9(13-6-12-8)11-5-7-2-1-3-7/h4,6-7H,1-3,5H2,(H,11,12,13). The number of nitrogens with one attached hydrogen (secondary N) is 1. The fourth-order valence-corrected chi connectivity index (χ4v) is 1.68. The van der Waals surface area contributed by atoms with Gasteiger partial charge in [0.25, 0.3) is 0 Å². The molecule has 0 aromatic carbocycles. The molecular formula is C9H12BrN3. The van der Waals surface area contributed by atoms with E-state index in [1.54, 1.807) is 6.33 Å². The summed E-state index contributed by atoms with van der Waals surface area (Å²) in [4.78, 5) is 8.08. The second-order valence-corrected chi connectivity index (χ2v) is 4.22. The lowest BCUT2D eigenvalue weighted by atomic mass is 9.85. The summed E-state index contributed by atoms with van der Waals surface area (Å²) in [6, 6.07) is 1.90. The fraction of sp³-hybridized carbons (Fsp3) is 0.556. The van der Waals surface area contributed by atoms with Crippen molar-refractivity contribution in [2.45, 2.75) is 19.3 Å². The molecule has 1 aromatic heterocycles. The highest BCUT2D eigenvalue weighted by molar-refractivity contribution is 9.10. The first-order valence-electron chi connectivity index (χ1n) is 4.56. The molecule has 13 heavy (non-hydrogen) atoms. The molecule has 4 heteroatoms. The lowest BCUT2D eigenvalue weighted by molar-refractivity contribution is 0.333. The molecule has 1 aromatic rings. The van der Waals surface area contributed by atoms with E-state index in [0.29, 0.717) is 0 Å². The molecule has 2 rings (SSSR count). The molecule has 0 amide bonds. The number of hydrogen-bond acceptors (Lipinski definition) is 3. The Morgan fingerprint density at radius 3 is 2.92 bits per heavy atom. The van der Waals surface area contributed by atoms with Crippen LogP contribution >= 0.6 is 15.9 Å². The molecule has 0 radical (unpaired) electrons. The topological polar surface area (TPSA) is 37.8 Å². The summed E-state index contributed by atoms with van der Waals surface area (Å²) in [6.07, 6.45) is 5.67. The third kappa shape index (κ3) is 2.40. The van der Waals surface area contributed by atoms with Crippen LogP contribution in [0.5, 0.6) is 0 Å². The third-order valence-electron chi connectivity index (χ3n) is 2.43. The van der Waals surface area contributed by atoms with Gasteiger partial charge < -0.3 is 5.32 Å². The Bertz CT molecular complexity index is 286. The van der Waals surface area contributed by atoms with E-state index in [-0.39, 0.29) is 0 Å². The van der Waals surface area contributed by atoms with Gasteiger partial charge in [-0.15, -0.1) is 0 Å². The van der Waals surface area contributed by atoms with Gasteiger partial charge in [-0.1, -0.05) is 6.42 Å². The molecule has 3 nitrogen and oxygen atoms in total. The summed E-state index contributed by atoms with van der Waals surface area (Å²) in [6.45, 7) is 1.05. The first kappa shape index (κ1) is 8.94. The van der Waals surface area contributed by atoms with E-state index in [2.05, 4.69) is 31.2 Å². The minimum absolute atomic E-state index is 0.832. The molecule has 1 heterocycles. The van der Waals surface area contributed by atoms with Gasteiger partial charge in [-0.3, -0.25) is 0 Å². The van der Waals surface area contributed by atoms with Gasteiger partial charge >= 0.3 is 0 Å². The molecule has 1 saturated carbocycles. The fourth-order valence-electron chi connectivity index (χ4n) is 1.38.